The highest BCUT2D eigenvalue weighted by molar-refractivity contribution is 7.92. The fraction of sp³-hybridized carbons (Fsp3) is 0.385. The molecule has 37 heavy (non-hydrogen) atoms. The molecule has 0 amide bonds. The minimum absolute atomic E-state index is 0.0479. The smallest absolute Gasteiger partial charge is 0.348 e. The van der Waals surface area contributed by atoms with E-state index in [-0.39, 0.29) is 33.9 Å². The SMILES string of the molecule is CCC(C)CCC1(C)C(=O)C(C2=NP(=O)(OC)c3cc(NS(C)(=O)=O)ccc3N2)=C(O)c2ccccc21. The van der Waals surface area contributed by atoms with Crippen molar-refractivity contribution in [2.45, 2.75) is 45.4 Å². The number of fused-ring (bicyclic) bond motifs is 2. The second kappa shape index (κ2) is 9.74. The molecule has 3 unspecified atom stereocenters. The van der Waals surface area contributed by atoms with Crippen molar-refractivity contribution in [2.24, 2.45) is 10.7 Å². The summed E-state index contributed by atoms with van der Waals surface area (Å²) in [6, 6.07) is 11.7. The van der Waals surface area contributed by atoms with Crippen molar-refractivity contribution in [3.05, 3.63) is 59.2 Å². The van der Waals surface area contributed by atoms with Crippen LogP contribution in [0.3, 0.4) is 0 Å². The molecule has 0 saturated heterocycles. The Morgan fingerprint density at radius 1 is 1.24 bits per heavy atom. The zero-order valence-electron chi connectivity index (χ0n) is 21.5. The summed E-state index contributed by atoms with van der Waals surface area (Å²) in [6.45, 7) is 6.12. The number of aliphatic hydroxyl groups excluding tert-OH is 1. The molecule has 1 aliphatic heterocycles. The van der Waals surface area contributed by atoms with Gasteiger partial charge in [-0.05, 0) is 49.4 Å². The number of aliphatic hydroxyl groups is 1. The van der Waals surface area contributed by atoms with E-state index in [4.69, 9.17) is 4.52 Å². The molecule has 0 spiro atoms. The standard InChI is InChI=1S/C26H32N3O6PS/c1-6-16(2)13-14-26(3)19-10-8-7-9-18(19)23(30)22(24(26)31)25-27-20-12-11-17(29-37(5,33)34)15-21(20)36(32,28-25)35-4/h7-12,15-16,29-30H,6,13-14H2,1-5H3,(H,27,28,32). The first-order valence-electron chi connectivity index (χ1n) is 12.1. The maximum absolute atomic E-state index is 14.1. The zero-order chi connectivity index (χ0) is 27.2. The minimum atomic E-state index is -3.92. The van der Waals surface area contributed by atoms with Crippen molar-refractivity contribution in [3.8, 4) is 0 Å². The summed E-state index contributed by atoms with van der Waals surface area (Å²) >= 11 is 0. The summed E-state index contributed by atoms with van der Waals surface area (Å²) in [5.74, 6) is -0.192. The molecule has 3 atom stereocenters. The molecule has 2 aromatic carbocycles. The van der Waals surface area contributed by atoms with Gasteiger partial charge in [0, 0.05) is 18.4 Å². The fourth-order valence-corrected chi connectivity index (χ4v) is 6.85. The van der Waals surface area contributed by atoms with Crippen LogP contribution in [0, 0.1) is 5.92 Å². The number of nitrogens with one attached hydrogen (secondary N) is 2. The molecule has 3 N–H and O–H groups in total. The van der Waals surface area contributed by atoms with Gasteiger partial charge in [-0.2, -0.15) is 4.76 Å². The van der Waals surface area contributed by atoms with Crippen LogP contribution in [0.15, 0.2) is 52.8 Å². The van der Waals surface area contributed by atoms with E-state index in [2.05, 4.69) is 28.6 Å². The van der Waals surface area contributed by atoms with Crippen LogP contribution < -0.4 is 15.3 Å². The number of ketones is 1. The molecule has 1 heterocycles. The summed E-state index contributed by atoms with van der Waals surface area (Å²) in [5.41, 5.74) is 0.828. The molecular formula is C26H32N3O6PS. The summed E-state index contributed by atoms with van der Waals surface area (Å²) < 4.78 is 49.2. The maximum Gasteiger partial charge on any atom is 0.348 e. The number of hydrogen-bond acceptors (Lipinski definition) is 7. The Labute approximate surface area is 217 Å². The summed E-state index contributed by atoms with van der Waals surface area (Å²) in [4.78, 5) is 14.1. The Balaban J connectivity index is 1.84. The lowest BCUT2D eigenvalue weighted by molar-refractivity contribution is -0.120. The number of anilines is 2. The van der Waals surface area contributed by atoms with Gasteiger partial charge in [-0.3, -0.25) is 14.1 Å². The van der Waals surface area contributed by atoms with Crippen molar-refractivity contribution in [1.29, 1.82) is 0 Å². The Kier molecular flexibility index (Phi) is 7.14. The molecule has 0 aromatic heterocycles. The molecule has 0 bridgehead atoms. The lowest BCUT2D eigenvalue weighted by Crippen LogP contribution is -2.42. The van der Waals surface area contributed by atoms with Gasteiger partial charge in [-0.25, -0.2) is 8.42 Å². The van der Waals surface area contributed by atoms with Gasteiger partial charge < -0.3 is 14.9 Å². The van der Waals surface area contributed by atoms with Crippen molar-refractivity contribution < 1.29 is 27.4 Å². The molecule has 4 rings (SSSR count). The van der Waals surface area contributed by atoms with E-state index in [1.807, 2.05) is 19.1 Å². The number of Topliss-reactive ketones (excluding diaryl/α,β-unsaturated/α-hetero) is 1. The van der Waals surface area contributed by atoms with Crippen LogP contribution in [0.4, 0.5) is 11.4 Å². The first kappa shape index (κ1) is 27.1. The van der Waals surface area contributed by atoms with Crippen molar-refractivity contribution >= 4 is 51.6 Å². The number of rotatable bonds is 8. The summed E-state index contributed by atoms with van der Waals surface area (Å²) in [6.07, 6.45) is 3.38. The first-order valence-corrected chi connectivity index (χ1v) is 15.5. The molecule has 0 fully saturated rings. The Hall–Kier alpha value is -2.94. The quantitative estimate of drug-likeness (QED) is 0.398. The van der Waals surface area contributed by atoms with Crippen LogP contribution >= 0.6 is 7.52 Å². The molecule has 0 radical (unpaired) electrons. The van der Waals surface area contributed by atoms with Gasteiger partial charge in [0.25, 0.3) is 0 Å². The molecular weight excluding hydrogens is 513 g/mol. The molecule has 2 aliphatic rings. The Morgan fingerprint density at radius 2 is 1.95 bits per heavy atom. The van der Waals surface area contributed by atoms with E-state index >= 15 is 0 Å². The van der Waals surface area contributed by atoms with E-state index in [0.29, 0.717) is 23.6 Å². The number of hydrogen-bond donors (Lipinski definition) is 3. The summed E-state index contributed by atoms with van der Waals surface area (Å²) in [7, 11) is -6.26. The monoisotopic (exact) mass is 545 g/mol. The van der Waals surface area contributed by atoms with E-state index in [1.165, 1.54) is 25.3 Å². The summed E-state index contributed by atoms with van der Waals surface area (Å²) in [5, 5.41) is 14.5. The van der Waals surface area contributed by atoms with Crippen molar-refractivity contribution in [1.82, 2.24) is 0 Å². The third-order valence-corrected chi connectivity index (χ3v) is 9.69. The number of sulfonamides is 1. The highest BCUT2D eigenvalue weighted by Crippen LogP contribution is 2.53. The van der Waals surface area contributed by atoms with Crippen molar-refractivity contribution in [2.75, 3.05) is 23.4 Å². The van der Waals surface area contributed by atoms with E-state index < -0.39 is 23.0 Å². The average molecular weight is 546 g/mol. The van der Waals surface area contributed by atoms with E-state index in [9.17, 15) is 22.9 Å². The normalized spacial score (nSPS) is 24.0. The van der Waals surface area contributed by atoms with Gasteiger partial charge >= 0.3 is 7.52 Å². The lowest BCUT2D eigenvalue weighted by Gasteiger charge is -2.37. The van der Waals surface area contributed by atoms with Crippen molar-refractivity contribution in [3.63, 3.8) is 0 Å². The third-order valence-electron chi connectivity index (χ3n) is 7.15. The van der Waals surface area contributed by atoms with Gasteiger partial charge in [0.2, 0.25) is 10.0 Å². The van der Waals surface area contributed by atoms with Gasteiger partial charge in [-0.1, -0.05) is 44.5 Å². The predicted molar refractivity (Wildman–Crippen MR) is 147 cm³/mol. The van der Waals surface area contributed by atoms with Crippen LogP contribution in [0.5, 0.6) is 0 Å². The van der Waals surface area contributed by atoms with Gasteiger partial charge in [0.05, 0.1) is 22.7 Å². The van der Waals surface area contributed by atoms with Crippen LogP contribution in [-0.4, -0.2) is 38.5 Å². The zero-order valence-corrected chi connectivity index (χ0v) is 23.2. The largest absolute Gasteiger partial charge is 0.506 e. The molecule has 2 aromatic rings. The van der Waals surface area contributed by atoms with Crippen LogP contribution in [0.2, 0.25) is 0 Å². The van der Waals surface area contributed by atoms with Gasteiger partial charge in [0.15, 0.2) is 5.78 Å². The molecule has 1 aliphatic carbocycles. The number of benzene rings is 2. The predicted octanol–water partition coefficient (Wildman–Crippen LogP) is 4.98. The second-order valence-corrected chi connectivity index (χ2v) is 13.7. The maximum atomic E-state index is 14.1. The molecule has 11 heteroatoms. The Bertz CT molecular complexity index is 1480. The molecule has 9 nitrogen and oxygen atoms in total. The van der Waals surface area contributed by atoms with E-state index in [1.54, 1.807) is 12.1 Å². The minimum Gasteiger partial charge on any atom is -0.506 e. The number of carbonyl (C=O) groups is 1. The third kappa shape index (κ3) is 4.98. The van der Waals surface area contributed by atoms with E-state index in [0.717, 1.165) is 24.7 Å². The number of carbonyl (C=O) groups excluding carboxylic acids is 1. The topological polar surface area (TPSA) is 134 Å². The first-order chi connectivity index (χ1) is 17.3. The average Bonchev–Trinajstić information content (AvgIpc) is 2.86. The van der Waals surface area contributed by atoms with Crippen LogP contribution in [-0.2, 0) is 29.3 Å². The Morgan fingerprint density at radius 3 is 2.59 bits per heavy atom. The van der Waals surface area contributed by atoms with Gasteiger partial charge in [-0.15, -0.1) is 0 Å². The fourth-order valence-electron chi connectivity index (χ4n) is 4.76. The van der Waals surface area contributed by atoms with Gasteiger partial charge in [0.1, 0.15) is 17.2 Å². The highest BCUT2D eigenvalue weighted by atomic mass is 32.2. The van der Waals surface area contributed by atoms with Crippen LogP contribution in [0.1, 0.15) is 51.2 Å². The molecule has 198 valence electrons. The number of nitrogens with zero attached hydrogens (tertiary/aromatic N) is 1. The lowest BCUT2D eigenvalue weighted by atomic mass is 9.66. The number of amidine groups is 1. The highest BCUT2D eigenvalue weighted by Gasteiger charge is 2.47. The second-order valence-electron chi connectivity index (χ2n) is 9.87. The molecule has 0 saturated carbocycles. The van der Waals surface area contributed by atoms with Crippen LogP contribution in [0.25, 0.3) is 5.76 Å².